The van der Waals surface area contributed by atoms with Crippen LogP contribution in [-0.2, 0) is 19.4 Å². The van der Waals surface area contributed by atoms with Crippen molar-refractivity contribution in [3.8, 4) is 0 Å². The number of pyridine rings is 1. The highest BCUT2D eigenvalue weighted by Gasteiger charge is 2.20. The monoisotopic (exact) mass is 406 g/mol. The molecule has 0 bridgehead atoms. The molecule has 7 heteroatoms. The van der Waals surface area contributed by atoms with Crippen molar-refractivity contribution in [2.75, 3.05) is 18.4 Å². The molecule has 3 aromatic rings. The Morgan fingerprint density at radius 3 is 2.69 bits per heavy atom. The first kappa shape index (κ1) is 19.1. The Bertz CT molecular complexity index is 986. The number of fused-ring (bicyclic) bond motifs is 1. The highest BCUT2D eigenvalue weighted by molar-refractivity contribution is 7.09. The minimum atomic E-state index is -0.216. The number of benzene rings is 1. The molecular weight excluding hydrogens is 384 g/mol. The van der Waals surface area contributed by atoms with Crippen LogP contribution in [0.5, 0.6) is 0 Å². The normalized spacial score (nSPS) is 12.9. The first-order valence-electron chi connectivity index (χ1n) is 9.58. The van der Waals surface area contributed by atoms with E-state index < -0.39 is 0 Å². The molecule has 0 fully saturated rings. The standard InChI is InChI=1S/C22H22N4O2S/c27-21(23-11-9-19-6-3-13-29-19)20-8-7-18(14-24-20)25-22(28)26-12-10-16-4-1-2-5-17(16)15-26/h1-8,13-14H,9-12,15H2,(H,23,27)(H,25,28). The molecule has 0 unspecified atom stereocenters. The number of aromatic nitrogens is 1. The van der Waals surface area contributed by atoms with E-state index >= 15 is 0 Å². The van der Waals surface area contributed by atoms with Crippen LogP contribution in [0.15, 0.2) is 60.1 Å². The van der Waals surface area contributed by atoms with E-state index in [1.807, 2.05) is 29.6 Å². The summed E-state index contributed by atoms with van der Waals surface area (Å²) in [6, 6.07) is 15.4. The van der Waals surface area contributed by atoms with Gasteiger partial charge in [-0.15, -0.1) is 11.3 Å². The second-order valence-electron chi connectivity index (χ2n) is 6.89. The SMILES string of the molecule is O=C(NCCc1cccs1)c1ccc(NC(=O)N2CCc3ccccc3C2)cn1. The van der Waals surface area contributed by atoms with E-state index in [2.05, 4.69) is 27.8 Å². The maximum atomic E-state index is 12.6. The lowest BCUT2D eigenvalue weighted by Gasteiger charge is -2.28. The number of rotatable bonds is 5. The van der Waals surface area contributed by atoms with Gasteiger partial charge in [0.1, 0.15) is 5.69 Å². The Morgan fingerprint density at radius 2 is 1.93 bits per heavy atom. The summed E-state index contributed by atoms with van der Waals surface area (Å²) in [7, 11) is 0. The van der Waals surface area contributed by atoms with E-state index in [9.17, 15) is 9.59 Å². The summed E-state index contributed by atoms with van der Waals surface area (Å²) >= 11 is 1.67. The molecule has 0 saturated carbocycles. The molecule has 1 aliphatic rings. The summed E-state index contributed by atoms with van der Waals surface area (Å²) in [5.41, 5.74) is 3.39. The van der Waals surface area contributed by atoms with E-state index in [4.69, 9.17) is 0 Å². The lowest BCUT2D eigenvalue weighted by Crippen LogP contribution is -2.38. The smallest absolute Gasteiger partial charge is 0.322 e. The molecule has 0 radical (unpaired) electrons. The van der Waals surface area contributed by atoms with Crippen molar-refractivity contribution in [1.29, 1.82) is 0 Å². The number of nitrogens with zero attached hydrogens (tertiary/aromatic N) is 2. The van der Waals surface area contributed by atoms with Crippen molar-refractivity contribution >= 4 is 29.0 Å². The highest BCUT2D eigenvalue weighted by Crippen LogP contribution is 2.19. The third kappa shape index (κ3) is 4.81. The molecule has 148 valence electrons. The quantitative estimate of drug-likeness (QED) is 0.678. The summed E-state index contributed by atoms with van der Waals surface area (Å²) in [6.07, 6.45) is 3.17. The molecule has 2 aromatic heterocycles. The van der Waals surface area contributed by atoms with Crippen molar-refractivity contribution in [2.45, 2.75) is 19.4 Å². The Kier molecular flexibility index (Phi) is 5.86. The Balaban J connectivity index is 1.29. The van der Waals surface area contributed by atoms with Crippen molar-refractivity contribution in [3.63, 3.8) is 0 Å². The van der Waals surface area contributed by atoms with Gasteiger partial charge in [0.2, 0.25) is 0 Å². The number of hydrogen-bond donors (Lipinski definition) is 2. The van der Waals surface area contributed by atoms with Crippen LogP contribution in [0.2, 0.25) is 0 Å². The zero-order valence-corrected chi connectivity index (χ0v) is 16.7. The molecule has 1 aliphatic heterocycles. The van der Waals surface area contributed by atoms with Gasteiger partial charge in [0.05, 0.1) is 11.9 Å². The molecular formula is C22H22N4O2S. The lowest BCUT2D eigenvalue weighted by atomic mass is 10.0. The fourth-order valence-corrected chi connectivity index (χ4v) is 4.03. The number of urea groups is 1. The maximum Gasteiger partial charge on any atom is 0.322 e. The first-order valence-corrected chi connectivity index (χ1v) is 10.5. The van der Waals surface area contributed by atoms with E-state index in [1.165, 1.54) is 22.2 Å². The van der Waals surface area contributed by atoms with Crippen molar-refractivity contribution in [2.24, 2.45) is 0 Å². The molecule has 3 amide bonds. The molecule has 2 N–H and O–H groups in total. The van der Waals surface area contributed by atoms with Crippen LogP contribution < -0.4 is 10.6 Å². The Hall–Kier alpha value is -3.19. The van der Waals surface area contributed by atoms with Gasteiger partial charge in [-0.1, -0.05) is 30.3 Å². The minimum absolute atomic E-state index is 0.158. The van der Waals surface area contributed by atoms with Crippen LogP contribution in [0, 0.1) is 0 Å². The van der Waals surface area contributed by atoms with Gasteiger partial charge in [-0.25, -0.2) is 9.78 Å². The average Bonchev–Trinajstić information content (AvgIpc) is 3.27. The number of thiophene rings is 1. The summed E-state index contributed by atoms with van der Waals surface area (Å²) in [5, 5.41) is 7.75. The third-order valence-electron chi connectivity index (χ3n) is 4.90. The zero-order chi connectivity index (χ0) is 20.1. The van der Waals surface area contributed by atoms with E-state index in [0.29, 0.717) is 31.0 Å². The predicted octanol–water partition coefficient (Wildman–Crippen LogP) is 3.71. The molecule has 0 saturated heterocycles. The topological polar surface area (TPSA) is 74.3 Å². The number of nitrogens with one attached hydrogen (secondary N) is 2. The fraction of sp³-hybridized carbons (Fsp3) is 0.227. The van der Waals surface area contributed by atoms with E-state index in [-0.39, 0.29) is 11.9 Å². The van der Waals surface area contributed by atoms with Gasteiger partial charge in [0, 0.05) is 24.5 Å². The van der Waals surface area contributed by atoms with Gasteiger partial charge in [-0.2, -0.15) is 0 Å². The van der Waals surface area contributed by atoms with Crippen LogP contribution in [0.3, 0.4) is 0 Å². The van der Waals surface area contributed by atoms with Gasteiger partial charge in [-0.05, 0) is 47.5 Å². The van der Waals surface area contributed by atoms with Crippen LogP contribution in [0.1, 0.15) is 26.5 Å². The molecule has 0 atom stereocenters. The van der Waals surface area contributed by atoms with E-state index in [0.717, 1.165) is 12.8 Å². The molecule has 29 heavy (non-hydrogen) atoms. The minimum Gasteiger partial charge on any atom is -0.350 e. The molecule has 0 aliphatic carbocycles. The van der Waals surface area contributed by atoms with Crippen molar-refractivity contribution in [1.82, 2.24) is 15.2 Å². The summed E-state index contributed by atoms with van der Waals surface area (Å²) < 4.78 is 0. The molecule has 3 heterocycles. The maximum absolute atomic E-state index is 12.6. The van der Waals surface area contributed by atoms with Gasteiger partial charge in [0.15, 0.2) is 0 Å². The van der Waals surface area contributed by atoms with Crippen LogP contribution >= 0.6 is 11.3 Å². The van der Waals surface area contributed by atoms with Crippen LogP contribution in [0.4, 0.5) is 10.5 Å². The van der Waals surface area contributed by atoms with Gasteiger partial charge in [0.25, 0.3) is 5.91 Å². The lowest BCUT2D eigenvalue weighted by molar-refractivity contribution is 0.0949. The van der Waals surface area contributed by atoms with Crippen LogP contribution in [0.25, 0.3) is 0 Å². The molecule has 1 aromatic carbocycles. The summed E-state index contributed by atoms with van der Waals surface area (Å²) in [5.74, 6) is -0.216. The fourth-order valence-electron chi connectivity index (χ4n) is 3.32. The summed E-state index contributed by atoms with van der Waals surface area (Å²) in [4.78, 5) is 32.0. The number of carbonyl (C=O) groups is 2. The number of hydrogen-bond acceptors (Lipinski definition) is 4. The number of anilines is 1. The Morgan fingerprint density at radius 1 is 1.07 bits per heavy atom. The molecule has 6 nitrogen and oxygen atoms in total. The highest BCUT2D eigenvalue weighted by atomic mass is 32.1. The van der Waals surface area contributed by atoms with E-state index in [1.54, 1.807) is 28.4 Å². The Labute approximate surface area is 173 Å². The van der Waals surface area contributed by atoms with Crippen molar-refractivity contribution in [3.05, 3.63) is 81.8 Å². The largest absolute Gasteiger partial charge is 0.350 e. The van der Waals surface area contributed by atoms with Crippen molar-refractivity contribution < 1.29 is 9.59 Å². The molecule has 4 rings (SSSR count). The van der Waals surface area contributed by atoms with Gasteiger partial charge in [-0.3, -0.25) is 4.79 Å². The zero-order valence-electron chi connectivity index (χ0n) is 15.9. The third-order valence-corrected chi connectivity index (χ3v) is 5.84. The second kappa shape index (κ2) is 8.87. The second-order valence-corrected chi connectivity index (χ2v) is 7.92. The van der Waals surface area contributed by atoms with Gasteiger partial charge >= 0.3 is 6.03 Å². The first-order chi connectivity index (χ1) is 14.2. The molecule has 0 spiro atoms. The van der Waals surface area contributed by atoms with Gasteiger partial charge < -0.3 is 15.5 Å². The average molecular weight is 407 g/mol. The summed E-state index contributed by atoms with van der Waals surface area (Å²) in [6.45, 7) is 1.84. The number of carbonyl (C=O) groups excluding carboxylic acids is 2. The predicted molar refractivity (Wildman–Crippen MR) is 114 cm³/mol. The van der Waals surface area contributed by atoms with Crippen LogP contribution in [-0.4, -0.2) is 34.9 Å². The number of amides is 3.